The number of nitrogen functional groups attached to an aromatic ring is 1. The molecule has 1 aromatic heterocycles. The van der Waals surface area contributed by atoms with Crippen molar-refractivity contribution in [2.75, 3.05) is 12.3 Å². The summed E-state index contributed by atoms with van der Waals surface area (Å²) in [5.74, 6) is 0.767. The maximum Gasteiger partial charge on any atom is 0.330 e. The molecule has 0 atom stereocenters. The van der Waals surface area contributed by atoms with Crippen LogP contribution in [0.5, 0.6) is 17.8 Å². The molecule has 20 heavy (non-hydrogen) atoms. The van der Waals surface area contributed by atoms with Crippen LogP contribution in [0.15, 0.2) is 18.2 Å². The molecule has 106 valence electrons. The molecule has 0 aliphatic carbocycles. The molecule has 1 heterocycles. The molecule has 2 aromatic rings. The Morgan fingerprint density at radius 2 is 1.85 bits per heavy atom. The van der Waals surface area contributed by atoms with Crippen molar-refractivity contribution in [1.29, 1.82) is 0 Å². The third-order valence-electron chi connectivity index (χ3n) is 2.80. The normalized spacial score (nSPS) is 10.3. The fourth-order valence-corrected chi connectivity index (χ4v) is 1.59. The summed E-state index contributed by atoms with van der Waals surface area (Å²) in [6.07, 6.45) is 0.860. The SMILES string of the molecule is CCCOc1nc(N)nc(Oc2cccc(C)c2C)n1. The van der Waals surface area contributed by atoms with Crippen LogP contribution in [0.25, 0.3) is 0 Å². The standard InChI is InChI=1S/C14H18N4O2/c1-4-8-19-13-16-12(15)17-14(18-13)20-11-7-5-6-9(2)10(11)3/h5-7H,4,8H2,1-3H3,(H2,15,16,17,18). The molecule has 0 unspecified atom stereocenters. The van der Waals surface area contributed by atoms with Crippen LogP contribution in [0.1, 0.15) is 24.5 Å². The summed E-state index contributed by atoms with van der Waals surface area (Å²) < 4.78 is 11.0. The summed E-state index contributed by atoms with van der Waals surface area (Å²) in [5.41, 5.74) is 7.79. The summed E-state index contributed by atoms with van der Waals surface area (Å²) in [4.78, 5) is 12.0. The van der Waals surface area contributed by atoms with Gasteiger partial charge in [-0.3, -0.25) is 0 Å². The van der Waals surface area contributed by atoms with Gasteiger partial charge in [-0.25, -0.2) is 0 Å². The third-order valence-corrected chi connectivity index (χ3v) is 2.80. The van der Waals surface area contributed by atoms with Gasteiger partial charge in [0.2, 0.25) is 5.95 Å². The highest BCUT2D eigenvalue weighted by Crippen LogP contribution is 2.25. The van der Waals surface area contributed by atoms with Crippen molar-refractivity contribution in [2.24, 2.45) is 0 Å². The highest BCUT2D eigenvalue weighted by atomic mass is 16.5. The van der Waals surface area contributed by atoms with E-state index in [1.54, 1.807) is 0 Å². The second kappa shape index (κ2) is 6.18. The van der Waals surface area contributed by atoms with E-state index in [1.165, 1.54) is 0 Å². The number of benzene rings is 1. The number of aryl methyl sites for hydroxylation is 1. The third kappa shape index (κ3) is 3.34. The van der Waals surface area contributed by atoms with Crippen LogP contribution < -0.4 is 15.2 Å². The molecule has 0 saturated heterocycles. The van der Waals surface area contributed by atoms with Crippen LogP contribution >= 0.6 is 0 Å². The van der Waals surface area contributed by atoms with E-state index in [0.29, 0.717) is 12.4 Å². The van der Waals surface area contributed by atoms with E-state index in [0.717, 1.165) is 17.5 Å². The summed E-state index contributed by atoms with van der Waals surface area (Å²) in [6, 6.07) is 6.10. The Labute approximate surface area is 118 Å². The van der Waals surface area contributed by atoms with Crippen LogP contribution in [-0.2, 0) is 0 Å². The van der Waals surface area contributed by atoms with Crippen molar-refractivity contribution in [2.45, 2.75) is 27.2 Å². The van der Waals surface area contributed by atoms with Gasteiger partial charge in [0, 0.05) is 0 Å². The maximum atomic E-state index is 5.67. The van der Waals surface area contributed by atoms with Gasteiger partial charge in [0.25, 0.3) is 0 Å². The molecule has 6 nitrogen and oxygen atoms in total. The molecule has 0 fully saturated rings. The van der Waals surface area contributed by atoms with Crippen molar-refractivity contribution in [3.63, 3.8) is 0 Å². The lowest BCUT2D eigenvalue weighted by molar-refractivity contribution is 0.285. The average molecular weight is 274 g/mol. The van der Waals surface area contributed by atoms with Gasteiger partial charge >= 0.3 is 12.0 Å². The molecule has 2 N–H and O–H groups in total. The summed E-state index contributed by atoms with van der Waals surface area (Å²) in [6.45, 7) is 6.51. The molecule has 1 aromatic carbocycles. The Morgan fingerprint density at radius 1 is 1.10 bits per heavy atom. The Hall–Kier alpha value is -2.37. The van der Waals surface area contributed by atoms with Crippen LogP contribution in [-0.4, -0.2) is 21.6 Å². The highest BCUT2D eigenvalue weighted by molar-refractivity contribution is 5.39. The monoisotopic (exact) mass is 274 g/mol. The van der Waals surface area contributed by atoms with Crippen molar-refractivity contribution in [3.8, 4) is 17.8 Å². The first-order valence-electron chi connectivity index (χ1n) is 6.48. The first-order valence-corrected chi connectivity index (χ1v) is 6.48. The summed E-state index contributed by atoms with van der Waals surface area (Å²) in [5, 5.41) is 0. The van der Waals surface area contributed by atoms with Gasteiger partial charge in [-0.1, -0.05) is 19.1 Å². The number of hydrogen-bond donors (Lipinski definition) is 1. The van der Waals surface area contributed by atoms with Gasteiger partial charge in [-0.15, -0.1) is 4.98 Å². The zero-order chi connectivity index (χ0) is 14.5. The van der Waals surface area contributed by atoms with Crippen LogP contribution in [0.4, 0.5) is 5.95 Å². The molecule has 0 aliphatic rings. The molecule has 0 radical (unpaired) electrons. The van der Waals surface area contributed by atoms with Gasteiger partial charge in [0.1, 0.15) is 5.75 Å². The molecule has 0 saturated carbocycles. The minimum atomic E-state index is 0.0754. The van der Waals surface area contributed by atoms with Crippen LogP contribution in [0.3, 0.4) is 0 Å². The lowest BCUT2D eigenvalue weighted by Crippen LogP contribution is -2.06. The molecule has 0 bridgehead atoms. The van der Waals surface area contributed by atoms with E-state index in [-0.39, 0.29) is 18.0 Å². The molecule has 0 spiro atoms. The number of nitrogens with two attached hydrogens (primary N) is 1. The Bertz CT molecular complexity index is 602. The quantitative estimate of drug-likeness (QED) is 0.902. The smallest absolute Gasteiger partial charge is 0.330 e. The minimum absolute atomic E-state index is 0.0754. The second-order valence-corrected chi connectivity index (χ2v) is 4.41. The van der Waals surface area contributed by atoms with Gasteiger partial charge in [0.05, 0.1) is 6.61 Å². The van der Waals surface area contributed by atoms with Gasteiger partial charge in [0.15, 0.2) is 0 Å². The topological polar surface area (TPSA) is 83.2 Å². The predicted octanol–water partition coefficient (Wildman–Crippen LogP) is 2.65. The fraction of sp³-hybridized carbons (Fsp3) is 0.357. The number of nitrogens with zero attached hydrogens (tertiary/aromatic N) is 3. The molecular weight excluding hydrogens is 256 g/mol. The van der Waals surface area contributed by atoms with Gasteiger partial charge in [-0.05, 0) is 37.5 Å². The maximum absolute atomic E-state index is 5.67. The number of anilines is 1. The largest absolute Gasteiger partial charge is 0.463 e. The van der Waals surface area contributed by atoms with Crippen LogP contribution in [0, 0.1) is 13.8 Å². The number of hydrogen-bond acceptors (Lipinski definition) is 6. The van der Waals surface area contributed by atoms with Gasteiger partial charge in [-0.2, -0.15) is 9.97 Å². The van der Waals surface area contributed by atoms with E-state index in [4.69, 9.17) is 15.2 Å². The van der Waals surface area contributed by atoms with Crippen molar-refractivity contribution in [1.82, 2.24) is 15.0 Å². The highest BCUT2D eigenvalue weighted by Gasteiger charge is 2.09. The second-order valence-electron chi connectivity index (χ2n) is 4.41. The average Bonchev–Trinajstić information content (AvgIpc) is 2.41. The van der Waals surface area contributed by atoms with E-state index >= 15 is 0 Å². The first-order chi connectivity index (χ1) is 9.60. The van der Waals surface area contributed by atoms with E-state index < -0.39 is 0 Å². The fourth-order valence-electron chi connectivity index (χ4n) is 1.59. The number of ether oxygens (including phenoxy) is 2. The summed E-state index contributed by atoms with van der Waals surface area (Å²) >= 11 is 0. The molecule has 0 aliphatic heterocycles. The lowest BCUT2D eigenvalue weighted by Gasteiger charge is -2.10. The molecule has 6 heteroatoms. The lowest BCUT2D eigenvalue weighted by atomic mass is 10.1. The Kier molecular flexibility index (Phi) is 4.34. The Morgan fingerprint density at radius 3 is 2.60 bits per heavy atom. The van der Waals surface area contributed by atoms with Crippen molar-refractivity contribution in [3.05, 3.63) is 29.3 Å². The zero-order valence-electron chi connectivity index (χ0n) is 11.9. The molecule has 0 amide bonds. The van der Waals surface area contributed by atoms with Gasteiger partial charge < -0.3 is 15.2 Å². The number of rotatable bonds is 5. The minimum Gasteiger partial charge on any atom is -0.463 e. The molecule has 2 rings (SSSR count). The Balaban J connectivity index is 2.24. The van der Waals surface area contributed by atoms with E-state index in [2.05, 4.69) is 15.0 Å². The first kappa shape index (κ1) is 14.0. The van der Waals surface area contributed by atoms with Crippen molar-refractivity contribution < 1.29 is 9.47 Å². The zero-order valence-corrected chi connectivity index (χ0v) is 11.9. The van der Waals surface area contributed by atoms with Crippen molar-refractivity contribution >= 4 is 5.95 Å². The predicted molar refractivity (Wildman–Crippen MR) is 76.0 cm³/mol. The molecular formula is C14H18N4O2. The summed E-state index contributed by atoms with van der Waals surface area (Å²) in [7, 11) is 0. The number of aromatic nitrogens is 3. The van der Waals surface area contributed by atoms with E-state index in [9.17, 15) is 0 Å². The van der Waals surface area contributed by atoms with E-state index in [1.807, 2.05) is 39.0 Å². The van der Waals surface area contributed by atoms with Crippen LogP contribution in [0.2, 0.25) is 0 Å².